The Morgan fingerprint density at radius 2 is 1.18 bits per heavy atom. The lowest BCUT2D eigenvalue weighted by molar-refractivity contribution is 0.0538. The zero-order valence-electron chi connectivity index (χ0n) is 14.0. The summed E-state index contributed by atoms with van der Waals surface area (Å²) in [5, 5.41) is 2.27. The van der Waals surface area contributed by atoms with E-state index in [0.29, 0.717) is 0 Å². The molecule has 0 saturated carbocycles. The maximum Gasteiger partial charge on any atom is 0.237 e. The van der Waals surface area contributed by atoms with Crippen LogP contribution in [0.25, 0.3) is 21.8 Å². The highest BCUT2D eigenvalue weighted by Gasteiger charge is 2.41. The third kappa shape index (κ3) is 1.98. The van der Waals surface area contributed by atoms with Crippen molar-refractivity contribution in [3.05, 3.63) is 48.5 Å². The molecule has 2 nitrogen and oxygen atoms in total. The summed E-state index contributed by atoms with van der Waals surface area (Å²) in [7, 11) is 0. The summed E-state index contributed by atoms with van der Waals surface area (Å²) in [4.78, 5) is 13.4. The zero-order chi connectivity index (χ0) is 16.1. The first kappa shape index (κ1) is 14.8. The Hall–Kier alpha value is -2.09. The minimum absolute atomic E-state index is 0.115. The van der Waals surface area contributed by atoms with Crippen LogP contribution in [0.15, 0.2) is 48.5 Å². The molecule has 1 aromatic heterocycles. The van der Waals surface area contributed by atoms with Crippen LogP contribution in [-0.2, 0) is 0 Å². The van der Waals surface area contributed by atoms with E-state index >= 15 is 0 Å². The van der Waals surface area contributed by atoms with Crippen LogP contribution >= 0.6 is 0 Å². The molecular formula is C20H23NO. The molecule has 2 aromatic carbocycles. The van der Waals surface area contributed by atoms with Gasteiger partial charge in [-0.25, -0.2) is 0 Å². The monoisotopic (exact) mass is 293 g/mol. The second-order valence-electron chi connectivity index (χ2n) is 7.55. The summed E-state index contributed by atoms with van der Waals surface area (Å²) in [5.41, 5.74) is 1.41. The molecule has 0 radical (unpaired) electrons. The number of carbonyl (C=O) groups is 1. The van der Waals surface area contributed by atoms with Crippen molar-refractivity contribution in [3.8, 4) is 0 Å². The van der Waals surface area contributed by atoms with Gasteiger partial charge in [0.05, 0.1) is 11.0 Å². The van der Waals surface area contributed by atoms with E-state index in [1.54, 1.807) is 0 Å². The van der Waals surface area contributed by atoms with E-state index in [0.717, 1.165) is 21.8 Å². The molecule has 0 fully saturated rings. The number of para-hydroxylation sites is 2. The number of benzene rings is 2. The van der Waals surface area contributed by atoms with Gasteiger partial charge in [-0.15, -0.1) is 0 Å². The van der Waals surface area contributed by atoms with Gasteiger partial charge in [0, 0.05) is 16.2 Å². The Kier molecular flexibility index (Phi) is 3.17. The molecule has 3 rings (SSSR count). The van der Waals surface area contributed by atoms with Crippen LogP contribution in [0.5, 0.6) is 0 Å². The molecule has 0 N–H and O–H groups in total. The Morgan fingerprint density at radius 3 is 1.59 bits per heavy atom. The summed E-state index contributed by atoms with van der Waals surface area (Å²) >= 11 is 0. The van der Waals surface area contributed by atoms with Gasteiger partial charge in [0.1, 0.15) is 0 Å². The van der Waals surface area contributed by atoms with Gasteiger partial charge in [0.15, 0.2) is 0 Å². The number of rotatable bonds is 1. The maximum absolute atomic E-state index is 13.4. The smallest absolute Gasteiger partial charge is 0.237 e. The van der Waals surface area contributed by atoms with Crippen LogP contribution in [0.3, 0.4) is 0 Å². The summed E-state index contributed by atoms with van der Waals surface area (Å²) in [6.07, 6.45) is 0. The van der Waals surface area contributed by atoms with Crippen molar-refractivity contribution in [3.63, 3.8) is 0 Å². The van der Waals surface area contributed by atoms with Crippen LogP contribution in [-0.4, -0.2) is 10.5 Å². The number of carbonyl (C=O) groups excluding carboxylic acids is 1. The maximum atomic E-state index is 13.4. The van der Waals surface area contributed by atoms with Crippen molar-refractivity contribution in [2.45, 2.75) is 34.6 Å². The normalized spacial score (nSPS) is 13.0. The van der Waals surface area contributed by atoms with Crippen molar-refractivity contribution < 1.29 is 4.79 Å². The summed E-state index contributed by atoms with van der Waals surface area (Å²) < 4.78 is 1.90. The van der Waals surface area contributed by atoms with Crippen LogP contribution < -0.4 is 0 Å². The lowest BCUT2D eigenvalue weighted by Crippen LogP contribution is -2.40. The SMILES string of the molecule is CC(C)(C)C(C)(C)C(=O)n1c2ccccc2c2ccccc21. The molecule has 0 amide bonds. The molecule has 22 heavy (non-hydrogen) atoms. The Bertz CT molecular complexity index is 809. The Labute approximate surface area is 131 Å². The second-order valence-corrected chi connectivity index (χ2v) is 7.55. The van der Waals surface area contributed by atoms with Gasteiger partial charge in [-0.05, 0) is 17.5 Å². The summed E-state index contributed by atoms with van der Waals surface area (Å²) in [6.45, 7) is 10.5. The lowest BCUT2D eigenvalue weighted by Gasteiger charge is -2.37. The number of aromatic nitrogens is 1. The van der Waals surface area contributed by atoms with E-state index in [1.807, 2.05) is 54.8 Å². The fraction of sp³-hybridized carbons (Fsp3) is 0.350. The predicted octanol–water partition coefficient (Wildman–Crippen LogP) is 5.51. The van der Waals surface area contributed by atoms with E-state index in [2.05, 4.69) is 32.9 Å². The minimum atomic E-state index is -0.461. The first-order valence-corrected chi connectivity index (χ1v) is 7.78. The molecule has 0 unspecified atom stereocenters. The Morgan fingerprint density at radius 1 is 0.773 bits per heavy atom. The van der Waals surface area contributed by atoms with Gasteiger partial charge in [0.2, 0.25) is 5.91 Å². The highest BCUT2D eigenvalue weighted by atomic mass is 16.2. The fourth-order valence-electron chi connectivity index (χ4n) is 2.74. The highest BCUT2D eigenvalue weighted by molar-refractivity contribution is 6.14. The fourth-order valence-corrected chi connectivity index (χ4v) is 2.74. The molecule has 0 aliphatic rings. The summed E-state index contributed by atoms with van der Waals surface area (Å²) in [5.74, 6) is 0.150. The predicted molar refractivity (Wildman–Crippen MR) is 93.3 cm³/mol. The third-order valence-corrected chi connectivity index (χ3v) is 5.19. The quantitative estimate of drug-likeness (QED) is 0.580. The molecule has 0 aliphatic heterocycles. The van der Waals surface area contributed by atoms with E-state index in [1.165, 1.54) is 0 Å². The molecule has 3 aromatic rings. The molecule has 1 heterocycles. The van der Waals surface area contributed by atoms with Crippen LogP contribution in [0, 0.1) is 10.8 Å². The van der Waals surface area contributed by atoms with Gasteiger partial charge in [-0.3, -0.25) is 9.36 Å². The Balaban J connectivity index is 2.37. The van der Waals surface area contributed by atoms with Crippen molar-refractivity contribution in [1.82, 2.24) is 4.57 Å². The molecular weight excluding hydrogens is 270 g/mol. The van der Waals surface area contributed by atoms with E-state index < -0.39 is 5.41 Å². The van der Waals surface area contributed by atoms with E-state index in [-0.39, 0.29) is 11.3 Å². The molecule has 114 valence electrons. The first-order chi connectivity index (χ1) is 10.2. The van der Waals surface area contributed by atoms with Gasteiger partial charge in [0.25, 0.3) is 0 Å². The number of nitrogens with zero attached hydrogens (tertiary/aromatic N) is 1. The second kappa shape index (κ2) is 4.70. The summed E-state index contributed by atoms with van der Waals surface area (Å²) in [6, 6.07) is 16.3. The molecule has 0 atom stereocenters. The van der Waals surface area contributed by atoms with Gasteiger partial charge < -0.3 is 0 Å². The molecule has 0 saturated heterocycles. The third-order valence-electron chi connectivity index (χ3n) is 5.19. The van der Waals surface area contributed by atoms with E-state index in [9.17, 15) is 4.79 Å². The van der Waals surface area contributed by atoms with Crippen LogP contribution in [0.4, 0.5) is 0 Å². The topological polar surface area (TPSA) is 22.0 Å². The number of hydrogen-bond acceptors (Lipinski definition) is 1. The van der Waals surface area contributed by atoms with Crippen molar-refractivity contribution in [2.75, 3.05) is 0 Å². The minimum Gasteiger partial charge on any atom is -0.279 e. The van der Waals surface area contributed by atoms with Crippen LogP contribution in [0.1, 0.15) is 39.4 Å². The van der Waals surface area contributed by atoms with Gasteiger partial charge in [-0.1, -0.05) is 71.0 Å². The molecule has 0 bridgehead atoms. The molecule has 0 aliphatic carbocycles. The van der Waals surface area contributed by atoms with Crippen molar-refractivity contribution >= 4 is 27.7 Å². The zero-order valence-corrected chi connectivity index (χ0v) is 14.0. The highest BCUT2D eigenvalue weighted by Crippen LogP contribution is 2.41. The van der Waals surface area contributed by atoms with Crippen LogP contribution in [0.2, 0.25) is 0 Å². The molecule has 2 heteroatoms. The van der Waals surface area contributed by atoms with E-state index in [4.69, 9.17) is 0 Å². The van der Waals surface area contributed by atoms with Crippen molar-refractivity contribution in [2.24, 2.45) is 10.8 Å². The largest absolute Gasteiger partial charge is 0.279 e. The lowest BCUT2D eigenvalue weighted by atomic mass is 9.68. The first-order valence-electron chi connectivity index (χ1n) is 7.78. The number of hydrogen-bond donors (Lipinski definition) is 0. The van der Waals surface area contributed by atoms with Gasteiger partial charge in [-0.2, -0.15) is 0 Å². The van der Waals surface area contributed by atoms with Gasteiger partial charge >= 0.3 is 0 Å². The standard InChI is InChI=1S/C20H23NO/c1-19(2,3)20(4,5)18(22)21-16-12-8-6-10-14(16)15-11-7-9-13-17(15)21/h6-13H,1-5H3. The average Bonchev–Trinajstić information content (AvgIpc) is 2.80. The average molecular weight is 293 g/mol. The number of fused-ring (bicyclic) bond motifs is 3. The molecule has 0 spiro atoms. The van der Waals surface area contributed by atoms with Crippen molar-refractivity contribution in [1.29, 1.82) is 0 Å².